The molecule has 0 heterocycles. The van der Waals surface area contributed by atoms with Crippen molar-refractivity contribution in [2.75, 3.05) is 12.3 Å². The van der Waals surface area contributed by atoms with E-state index in [9.17, 15) is 0 Å². The topological polar surface area (TPSA) is 0 Å². The molecule has 0 spiro atoms. The molecule has 1 aliphatic carbocycles. The fourth-order valence-corrected chi connectivity index (χ4v) is 17.3. The lowest BCUT2D eigenvalue weighted by atomic mass is 10.00. The van der Waals surface area contributed by atoms with Crippen LogP contribution in [0, 0.1) is 11.8 Å². The van der Waals surface area contributed by atoms with E-state index in [2.05, 4.69) is 103 Å². The van der Waals surface area contributed by atoms with Crippen LogP contribution in [0.4, 0.5) is 0 Å². The van der Waals surface area contributed by atoms with E-state index in [1.807, 2.05) is 0 Å². The van der Waals surface area contributed by atoms with Gasteiger partial charge in [0.25, 0.3) is 0 Å². The number of rotatable bonds is 5. The molecule has 0 aromatic heterocycles. The zero-order valence-corrected chi connectivity index (χ0v) is 25.7. The lowest BCUT2D eigenvalue weighted by Crippen LogP contribution is -2.38. The van der Waals surface area contributed by atoms with Crippen LogP contribution in [0.1, 0.15) is 95.9 Å². The summed E-state index contributed by atoms with van der Waals surface area (Å²) in [6.45, 7) is 38.2. The molecule has 29 heavy (non-hydrogen) atoms. The van der Waals surface area contributed by atoms with Gasteiger partial charge in [0, 0.05) is 8.07 Å². The smallest absolute Gasteiger partial charge is 0.0476 e. The van der Waals surface area contributed by atoms with Crippen molar-refractivity contribution in [2.24, 2.45) is 11.8 Å². The molecular weight excluding hydrogens is 402 g/mol. The van der Waals surface area contributed by atoms with Gasteiger partial charge < -0.3 is 0 Å². The van der Waals surface area contributed by atoms with Crippen LogP contribution in [-0.4, -0.2) is 41.0 Å². The van der Waals surface area contributed by atoms with E-state index in [1.54, 1.807) is 0 Å². The Hall–Kier alpha value is 1.08. The summed E-state index contributed by atoms with van der Waals surface area (Å²) < 4.78 is 0. The van der Waals surface area contributed by atoms with Crippen molar-refractivity contribution in [3.05, 3.63) is 0 Å². The minimum atomic E-state index is -1.14. The van der Waals surface area contributed by atoms with Gasteiger partial charge in [0.1, 0.15) is 0 Å². The first-order valence-corrected chi connectivity index (χ1v) is 18.7. The van der Waals surface area contributed by atoms with Gasteiger partial charge in [0.15, 0.2) is 0 Å². The molecule has 0 amide bonds. The first-order chi connectivity index (χ1) is 12.6. The van der Waals surface area contributed by atoms with Crippen LogP contribution in [0.3, 0.4) is 0 Å². The Morgan fingerprint density at radius 1 is 0.586 bits per heavy atom. The van der Waals surface area contributed by atoms with E-state index in [0.29, 0.717) is 20.6 Å². The molecule has 1 saturated carbocycles. The highest BCUT2D eigenvalue weighted by Crippen LogP contribution is 2.67. The van der Waals surface area contributed by atoms with Crippen LogP contribution in [0.25, 0.3) is 0 Å². The zero-order chi connectivity index (χ0) is 23.2. The van der Waals surface area contributed by atoms with Gasteiger partial charge in [0.2, 0.25) is 0 Å². The van der Waals surface area contributed by atoms with Gasteiger partial charge in [-0.3, -0.25) is 0 Å². The second kappa shape index (κ2) is 9.14. The Morgan fingerprint density at radius 2 is 0.931 bits per heavy atom. The fourth-order valence-electron chi connectivity index (χ4n) is 6.28. The van der Waals surface area contributed by atoms with Gasteiger partial charge in [-0.15, -0.1) is 0 Å². The standard InChI is InChI=1S/C26H56P2Si/c1-23(2,3)27(24(4,5)6)18-20-16-17-22(29(13,14)15)21(20)19-28(25(7,8)9)26(10,11)12/h20-22H,16-19H2,1-15H3. The Balaban J connectivity index is 3.30. The SMILES string of the molecule is CC(C)(C)P(CC1CCC([Si](C)(C)C)C1CP(C(C)(C)C)C(C)(C)C)C(C)(C)C. The minimum Gasteiger partial charge on any atom is -0.0954 e. The molecule has 1 rings (SSSR count). The van der Waals surface area contributed by atoms with Crippen molar-refractivity contribution in [1.29, 1.82) is 0 Å². The van der Waals surface area contributed by atoms with Crippen molar-refractivity contribution in [1.82, 2.24) is 0 Å². The summed E-state index contributed by atoms with van der Waals surface area (Å²) >= 11 is 0. The summed E-state index contributed by atoms with van der Waals surface area (Å²) in [6, 6.07) is 0. The molecule has 3 heteroatoms. The highest BCUT2D eigenvalue weighted by Gasteiger charge is 2.48. The first kappa shape index (κ1) is 28.1. The van der Waals surface area contributed by atoms with Crippen LogP contribution >= 0.6 is 15.8 Å². The van der Waals surface area contributed by atoms with Gasteiger partial charge >= 0.3 is 0 Å². The van der Waals surface area contributed by atoms with Crippen LogP contribution < -0.4 is 0 Å². The summed E-state index contributed by atoms with van der Waals surface area (Å²) in [4.78, 5) is 0. The molecule has 0 nitrogen and oxygen atoms in total. The zero-order valence-electron chi connectivity index (χ0n) is 23.0. The Morgan fingerprint density at radius 3 is 1.24 bits per heavy atom. The van der Waals surface area contributed by atoms with Crippen molar-refractivity contribution < 1.29 is 0 Å². The molecule has 0 aromatic rings. The molecule has 3 atom stereocenters. The lowest BCUT2D eigenvalue weighted by molar-refractivity contribution is 0.452. The van der Waals surface area contributed by atoms with E-state index >= 15 is 0 Å². The summed E-state index contributed by atoms with van der Waals surface area (Å²) in [5.74, 6) is 1.94. The molecular formula is C26H56P2Si. The molecule has 1 fully saturated rings. The van der Waals surface area contributed by atoms with Crippen molar-refractivity contribution >= 4 is 23.9 Å². The fraction of sp³-hybridized carbons (Fsp3) is 1.00. The number of hydrogen-bond donors (Lipinski definition) is 0. The first-order valence-electron chi connectivity index (χ1n) is 12.1. The predicted molar refractivity (Wildman–Crippen MR) is 146 cm³/mol. The third-order valence-corrected chi connectivity index (χ3v) is 18.2. The van der Waals surface area contributed by atoms with Gasteiger partial charge in [-0.1, -0.05) is 125 Å². The minimum absolute atomic E-state index is 0.00594. The Labute approximate surface area is 189 Å². The van der Waals surface area contributed by atoms with Crippen LogP contribution in [-0.2, 0) is 0 Å². The van der Waals surface area contributed by atoms with Gasteiger partial charge in [-0.2, -0.15) is 0 Å². The van der Waals surface area contributed by atoms with E-state index in [4.69, 9.17) is 0 Å². The molecule has 0 bridgehead atoms. The van der Waals surface area contributed by atoms with Crippen molar-refractivity contribution in [3.8, 4) is 0 Å². The quantitative estimate of drug-likeness (QED) is 0.284. The van der Waals surface area contributed by atoms with Crippen LogP contribution in [0.2, 0.25) is 25.2 Å². The van der Waals surface area contributed by atoms with Crippen LogP contribution in [0.5, 0.6) is 0 Å². The molecule has 0 aromatic carbocycles. The predicted octanol–water partition coefficient (Wildman–Crippen LogP) is 9.88. The van der Waals surface area contributed by atoms with E-state index in [1.165, 1.54) is 25.2 Å². The summed E-state index contributed by atoms with van der Waals surface area (Å²) in [5.41, 5.74) is 1.03. The summed E-state index contributed by atoms with van der Waals surface area (Å²) in [7, 11) is -1.14. The average molecular weight is 459 g/mol. The lowest BCUT2D eigenvalue weighted by Gasteiger charge is -2.48. The second-order valence-corrected chi connectivity index (χ2v) is 28.2. The largest absolute Gasteiger partial charge is 0.0954 e. The Bertz CT molecular complexity index is 491. The van der Waals surface area contributed by atoms with Gasteiger partial charge in [0.05, 0.1) is 0 Å². The molecule has 0 saturated heterocycles. The monoisotopic (exact) mass is 458 g/mol. The van der Waals surface area contributed by atoms with E-state index in [-0.39, 0.29) is 15.8 Å². The highest BCUT2D eigenvalue weighted by atomic mass is 31.1. The number of hydrogen-bond acceptors (Lipinski definition) is 0. The third-order valence-electron chi connectivity index (χ3n) is 7.13. The summed E-state index contributed by atoms with van der Waals surface area (Å²) in [6.07, 6.45) is 6.03. The maximum absolute atomic E-state index is 2.65. The average Bonchev–Trinajstić information content (AvgIpc) is 2.79. The summed E-state index contributed by atoms with van der Waals surface area (Å²) in [5, 5.41) is 1.80. The molecule has 0 radical (unpaired) electrons. The van der Waals surface area contributed by atoms with Crippen molar-refractivity contribution in [3.63, 3.8) is 0 Å². The Kier molecular flexibility index (Phi) is 8.86. The highest BCUT2D eigenvalue weighted by molar-refractivity contribution is 7.61. The molecule has 0 N–H and O–H groups in total. The maximum atomic E-state index is 2.65. The molecule has 0 aliphatic heterocycles. The van der Waals surface area contributed by atoms with Gasteiger partial charge in [-0.05, 0) is 56.7 Å². The normalized spacial score (nSPS) is 25.3. The maximum Gasteiger partial charge on any atom is 0.0476 e. The molecule has 174 valence electrons. The second-order valence-electron chi connectivity index (χ2n) is 14.9. The van der Waals surface area contributed by atoms with Gasteiger partial charge in [-0.25, -0.2) is 0 Å². The van der Waals surface area contributed by atoms with Crippen molar-refractivity contribution in [2.45, 2.75) is 142 Å². The molecule has 3 unspecified atom stereocenters. The van der Waals surface area contributed by atoms with E-state index < -0.39 is 8.07 Å². The molecule has 1 aliphatic rings. The van der Waals surface area contributed by atoms with E-state index in [0.717, 1.165) is 17.4 Å². The van der Waals surface area contributed by atoms with Crippen LogP contribution in [0.15, 0.2) is 0 Å². The third kappa shape index (κ3) is 7.86.